The van der Waals surface area contributed by atoms with Gasteiger partial charge in [-0.1, -0.05) is 78.9 Å². The topological polar surface area (TPSA) is 102 Å². The number of ether oxygens (including phenoxy) is 1. The van der Waals surface area contributed by atoms with E-state index in [1.165, 1.54) is 0 Å². The van der Waals surface area contributed by atoms with Crippen LogP contribution in [-0.4, -0.2) is 39.0 Å². The van der Waals surface area contributed by atoms with E-state index in [0.29, 0.717) is 17.5 Å². The van der Waals surface area contributed by atoms with Crippen LogP contribution in [0.1, 0.15) is 21.5 Å². The predicted molar refractivity (Wildman–Crippen MR) is 149 cm³/mol. The molecule has 0 saturated heterocycles. The molecule has 2 N–H and O–H groups in total. The number of esters is 1. The fraction of sp³-hybridized carbons (Fsp3) is 0.161. The van der Waals surface area contributed by atoms with Crippen LogP contribution in [0.4, 0.5) is 4.39 Å². The Morgan fingerprint density at radius 1 is 0.725 bits per heavy atom. The SMILES string of the molecule is O=C(N[C@H](COC(=O)[C@@H](Cc1ccccc1)NS(=O)(=O)c1ccc(F)cc1)Cc1ccccc1)c1ccccc1. The molecule has 0 aliphatic carbocycles. The maximum Gasteiger partial charge on any atom is 0.324 e. The van der Waals surface area contributed by atoms with Gasteiger partial charge in [0.15, 0.2) is 0 Å². The van der Waals surface area contributed by atoms with Gasteiger partial charge < -0.3 is 10.1 Å². The first-order valence-electron chi connectivity index (χ1n) is 12.7. The van der Waals surface area contributed by atoms with Crippen molar-refractivity contribution in [3.05, 3.63) is 138 Å². The van der Waals surface area contributed by atoms with Crippen LogP contribution in [0.25, 0.3) is 0 Å². The van der Waals surface area contributed by atoms with Gasteiger partial charge in [-0.25, -0.2) is 12.8 Å². The van der Waals surface area contributed by atoms with Gasteiger partial charge in [-0.15, -0.1) is 0 Å². The number of amides is 1. The first-order valence-corrected chi connectivity index (χ1v) is 14.2. The Bertz CT molecular complexity index is 1500. The van der Waals surface area contributed by atoms with E-state index in [-0.39, 0.29) is 23.8 Å². The average molecular weight is 561 g/mol. The van der Waals surface area contributed by atoms with Crippen LogP contribution in [-0.2, 0) is 32.4 Å². The number of nitrogens with one attached hydrogen (secondary N) is 2. The van der Waals surface area contributed by atoms with Gasteiger partial charge in [-0.05, 0) is 60.4 Å². The smallest absolute Gasteiger partial charge is 0.324 e. The average Bonchev–Trinajstić information content (AvgIpc) is 2.97. The highest BCUT2D eigenvalue weighted by Gasteiger charge is 2.28. The maximum atomic E-state index is 13.4. The summed E-state index contributed by atoms with van der Waals surface area (Å²) in [5.41, 5.74) is 2.10. The van der Waals surface area contributed by atoms with E-state index in [2.05, 4.69) is 10.0 Å². The van der Waals surface area contributed by atoms with Crippen molar-refractivity contribution in [2.75, 3.05) is 6.61 Å². The summed E-state index contributed by atoms with van der Waals surface area (Å²) in [4.78, 5) is 26.0. The van der Waals surface area contributed by atoms with Crippen LogP contribution < -0.4 is 10.0 Å². The number of rotatable bonds is 12. The summed E-state index contributed by atoms with van der Waals surface area (Å²) in [5.74, 6) is -1.71. The van der Waals surface area contributed by atoms with Gasteiger partial charge in [-0.2, -0.15) is 4.72 Å². The zero-order valence-electron chi connectivity index (χ0n) is 21.6. The fourth-order valence-corrected chi connectivity index (χ4v) is 5.27. The van der Waals surface area contributed by atoms with E-state index in [0.717, 1.165) is 29.8 Å². The molecular weight excluding hydrogens is 531 g/mol. The molecule has 0 heterocycles. The highest BCUT2D eigenvalue weighted by Crippen LogP contribution is 2.14. The molecule has 9 heteroatoms. The first-order chi connectivity index (χ1) is 19.3. The summed E-state index contributed by atoms with van der Waals surface area (Å²) >= 11 is 0. The largest absolute Gasteiger partial charge is 0.462 e. The van der Waals surface area contributed by atoms with Crippen molar-refractivity contribution in [2.45, 2.75) is 29.8 Å². The summed E-state index contributed by atoms with van der Waals surface area (Å²) in [6.07, 6.45) is 0.414. The summed E-state index contributed by atoms with van der Waals surface area (Å²) in [7, 11) is -4.17. The summed E-state index contributed by atoms with van der Waals surface area (Å²) in [5, 5.41) is 2.91. The molecule has 4 aromatic carbocycles. The Labute approximate surface area is 233 Å². The number of carbonyl (C=O) groups is 2. The zero-order valence-corrected chi connectivity index (χ0v) is 22.4. The zero-order chi connectivity index (χ0) is 28.4. The van der Waals surface area contributed by atoms with E-state index in [1.54, 1.807) is 54.6 Å². The van der Waals surface area contributed by atoms with Gasteiger partial charge in [0.1, 0.15) is 18.5 Å². The third-order valence-electron chi connectivity index (χ3n) is 6.11. The van der Waals surface area contributed by atoms with E-state index in [9.17, 15) is 22.4 Å². The summed E-state index contributed by atoms with van der Waals surface area (Å²) in [6.45, 7) is -0.185. The molecule has 206 valence electrons. The van der Waals surface area contributed by atoms with Crippen molar-refractivity contribution in [3.63, 3.8) is 0 Å². The maximum absolute atomic E-state index is 13.4. The third kappa shape index (κ3) is 8.33. The number of hydrogen-bond acceptors (Lipinski definition) is 5. The molecule has 7 nitrogen and oxygen atoms in total. The molecule has 1 amide bonds. The van der Waals surface area contributed by atoms with Crippen molar-refractivity contribution in [1.29, 1.82) is 0 Å². The van der Waals surface area contributed by atoms with Crippen LogP contribution in [0.15, 0.2) is 120 Å². The van der Waals surface area contributed by atoms with Crippen LogP contribution in [0, 0.1) is 5.82 Å². The molecular formula is C31H29FN2O5S. The Morgan fingerprint density at radius 3 is 1.82 bits per heavy atom. The van der Waals surface area contributed by atoms with Crippen molar-refractivity contribution >= 4 is 21.9 Å². The molecule has 2 atom stereocenters. The lowest BCUT2D eigenvalue weighted by molar-refractivity contribution is -0.146. The van der Waals surface area contributed by atoms with E-state index >= 15 is 0 Å². The third-order valence-corrected chi connectivity index (χ3v) is 7.60. The number of hydrogen-bond donors (Lipinski definition) is 2. The standard InChI is InChI=1S/C31H29FN2O5S/c32-26-16-18-28(19-17-26)40(37,38)34-29(21-24-12-6-2-7-13-24)31(36)39-22-27(20-23-10-4-1-5-11-23)33-30(35)25-14-8-3-9-15-25/h1-19,27,29,34H,20-22H2,(H,33,35)/t27-,29+/m0/s1. The van der Waals surface area contributed by atoms with Gasteiger partial charge in [0.25, 0.3) is 5.91 Å². The minimum atomic E-state index is -4.17. The molecule has 4 rings (SSSR count). The quantitative estimate of drug-likeness (QED) is 0.252. The van der Waals surface area contributed by atoms with Gasteiger partial charge in [-0.3, -0.25) is 9.59 Å². The molecule has 0 unspecified atom stereocenters. The molecule has 0 radical (unpaired) electrons. The second-order valence-electron chi connectivity index (χ2n) is 9.17. The van der Waals surface area contributed by atoms with Crippen LogP contribution >= 0.6 is 0 Å². The van der Waals surface area contributed by atoms with Gasteiger partial charge in [0, 0.05) is 5.56 Å². The van der Waals surface area contributed by atoms with Crippen molar-refractivity contribution < 1.29 is 27.1 Å². The monoisotopic (exact) mass is 560 g/mol. The molecule has 0 bridgehead atoms. The van der Waals surface area contributed by atoms with Gasteiger partial charge in [0.2, 0.25) is 10.0 Å². The molecule has 4 aromatic rings. The Balaban J connectivity index is 1.51. The lowest BCUT2D eigenvalue weighted by Gasteiger charge is -2.22. The number of halogens is 1. The van der Waals surface area contributed by atoms with E-state index in [4.69, 9.17) is 4.74 Å². The summed E-state index contributed by atoms with van der Waals surface area (Å²) < 4.78 is 47.4. The second-order valence-corrected chi connectivity index (χ2v) is 10.9. The van der Waals surface area contributed by atoms with Gasteiger partial charge in [0.05, 0.1) is 10.9 Å². The fourth-order valence-electron chi connectivity index (χ4n) is 4.08. The molecule has 0 spiro atoms. The minimum absolute atomic E-state index is 0.0276. The number of carbonyl (C=O) groups excluding carboxylic acids is 2. The van der Waals surface area contributed by atoms with Crippen molar-refractivity contribution in [2.24, 2.45) is 0 Å². The Kier molecular flexibility index (Phi) is 9.77. The Hall–Kier alpha value is -4.34. The highest BCUT2D eigenvalue weighted by molar-refractivity contribution is 7.89. The molecule has 40 heavy (non-hydrogen) atoms. The molecule has 0 aliphatic heterocycles. The number of sulfonamides is 1. The van der Waals surface area contributed by atoms with Crippen LogP contribution in [0.5, 0.6) is 0 Å². The second kappa shape index (κ2) is 13.6. The first kappa shape index (κ1) is 28.7. The summed E-state index contributed by atoms with van der Waals surface area (Å²) in [6, 6.07) is 29.5. The number of benzene rings is 4. The normalized spacial score (nSPS) is 12.7. The minimum Gasteiger partial charge on any atom is -0.462 e. The van der Waals surface area contributed by atoms with E-state index < -0.39 is 33.9 Å². The van der Waals surface area contributed by atoms with E-state index in [1.807, 2.05) is 36.4 Å². The highest BCUT2D eigenvalue weighted by atomic mass is 32.2. The Morgan fingerprint density at radius 2 is 1.25 bits per heavy atom. The van der Waals surface area contributed by atoms with Crippen molar-refractivity contribution in [1.82, 2.24) is 10.0 Å². The molecule has 0 saturated carbocycles. The van der Waals surface area contributed by atoms with Crippen LogP contribution in [0.3, 0.4) is 0 Å². The van der Waals surface area contributed by atoms with Crippen LogP contribution in [0.2, 0.25) is 0 Å². The van der Waals surface area contributed by atoms with Gasteiger partial charge >= 0.3 is 5.97 Å². The molecule has 0 aromatic heterocycles. The lowest BCUT2D eigenvalue weighted by atomic mass is 10.1. The molecule has 0 aliphatic rings. The molecule has 0 fully saturated rings. The lowest BCUT2D eigenvalue weighted by Crippen LogP contribution is -2.46. The predicted octanol–water partition coefficient (Wildman–Crippen LogP) is 4.30. The van der Waals surface area contributed by atoms with Crippen molar-refractivity contribution in [3.8, 4) is 0 Å².